The van der Waals surface area contributed by atoms with Crippen LogP contribution in [0.15, 0.2) is 27.7 Å². The van der Waals surface area contributed by atoms with Gasteiger partial charge in [0.1, 0.15) is 5.76 Å². The Bertz CT molecular complexity index is 806. The minimum absolute atomic E-state index is 0.141. The van der Waals surface area contributed by atoms with E-state index >= 15 is 0 Å². The summed E-state index contributed by atoms with van der Waals surface area (Å²) in [6, 6.07) is 6.03. The molecule has 0 spiro atoms. The Kier molecular flexibility index (Phi) is 7.93. The van der Waals surface area contributed by atoms with Crippen molar-refractivity contribution in [3.05, 3.63) is 40.8 Å². The van der Waals surface area contributed by atoms with Crippen molar-refractivity contribution in [1.29, 1.82) is 0 Å². The number of methoxy groups -OCH3 is 2. The summed E-state index contributed by atoms with van der Waals surface area (Å²) < 4.78 is 16.2. The van der Waals surface area contributed by atoms with Gasteiger partial charge in [0.15, 0.2) is 17.5 Å². The summed E-state index contributed by atoms with van der Waals surface area (Å²) in [6.07, 6.45) is 1.67. The molecule has 2 N–H and O–H groups in total. The first-order valence-electron chi connectivity index (χ1n) is 10.0. The third kappa shape index (κ3) is 5.43. The molecule has 0 fully saturated rings. The Balaban J connectivity index is 2.04. The summed E-state index contributed by atoms with van der Waals surface area (Å²) >= 11 is 0. The molecule has 2 aromatic rings. The summed E-state index contributed by atoms with van der Waals surface area (Å²) in [4.78, 5) is 4.36. The Morgan fingerprint density at radius 3 is 2.41 bits per heavy atom. The zero-order valence-corrected chi connectivity index (χ0v) is 18.7. The normalized spacial score (nSPS) is 12.0. The lowest BCUT2D eigenvalue weighted by molar-refractivity contribution is 0.353. The van der Waals surface area contributed by atoms with Crippen LogP contribution in [0.2, 0.25) is 0 Å². The predicted molar refractivity (Wildman–Crippen MR) is 116 cm³/mol. The van der Waals surface area contributed by atoms with Crippen molar-refractivity contribution >= 4 is 5.96 Å². The quantitative estimate of drug-likeness (QED) is 0.494. The molecule has 1 aromatic heterocycles. The molecule has 0 aliphatic heterocycles. The van der Waals surface area contributed by atoms with Crippen LogP contribution in [0.3, 0.4) is 0 Å². The van der Waals surface area contributed by atoms with Gasteiger partial charge < -0.3 is 24.6 Å². The SMILES string of the molecule is CCc1noc(CC)c1CNC(=NC)NCC(C)(C)c1ccc(OC)c(OC)c1. The highest BCUT2D eigenvalue weighted by Gasteiger charge is 2.23. The largest absolute Gasteiger partial charge is 0.493 e. The number of guanidine groups is 1. The maximum Gasteiger partial charge on any atom is 0.191 e. The van der Waals surface area contributed by atoms with Gasteiger partial charge in [-0.25, -0.2) is 0 Å². The minimum atomic E-state index is -0.141. The van der Waals surface area contributed by atoms with Gasteiger partial charge in [-0.05, 0) is 24.1 Å². The fourth-order valence-corrected chi connectivity index (χ4v) is 3.19. The van der Waals surface area contributed by atoms with E-state index in [1.165, 1.54) is 0 Å². The number of aryl methyl sites for hydroxylation is 2. The molecule has 7 heteroatoms. The summed E-state index contributed by atoms with van der Waals surface area (Å²) in [6.45, 7) is 9.85. The second-order valence-electron chi connectivity index (χ2n) is 7.47. The molecule has 0 aliphatic carbocycles. The molecule has 0 aliphatic rings. The smallest absolute Gasteiger partial charge is 0.191 e. The van der Waals surface area contributed by atoms with Crippen molar-refractivity contribution in [1.82, 2.24) is 15.8 Å². The van der Waals surface area contributed by atoms with Crippen molar-refractivity contribution in [3.8, 4) is 11.5 Å². The van der Waals surface area contributed by atoms with E-state index in [2.05, 4.69) is 54.5 Å². The molecule has 160 valence electrons. The molecule has 0 amide bonds. The van der Waals surface area contributed by atoms with Gasteiger partial charge in [-0.1, -0.05) is 38.9 Å². The fourth-order valence-electron chi connectivity index (χ4n) is 3.19. The molecule has 1 aromatic carbocycles. The number of hydrogen-bond donors (Lipinski definition) is 2. The second kappa shape index (κ2) is 10.2. The number of aliphatic imine (C=N–C) groups is 1. The summed E-state index contributed by atoms with van der Waals surface area (Å²) in [5, 5.41) is 11.0. The van der Waals surface area contributed by atoms with Gasteiger partial charge in [0.2, 0.25) is 0 Å². The van der Waals surface area contributed by atoms with Gasteiger partial charge in [0.25, 0.3) is 0 Å². The van der Waals surface area contributed by atoms with E-state index in [1.807, 2.05) is 12.1 Å². The number of ether oxygens (including phenoxy) is 2. The molecule has 29 heavy (non-hydrogen) atoms. The Labute approximate surface area is 173 Å². The minimum Gasteiger partial charge on any atom is -0.493 e. The molecule has 0 atom stereocenters. The van der Waals surface area contributed by atoms with Crippen LogP contribution < -0.4 is 20.1 Å². The molecule has 1 heterocycles. The van der Waals surface area contributed by atoms with Crippen LogP contribution in [0, 0.1) is 0 Å². The number of nitrogens with zero attached hydrogens (tertiary/aromatic N) is 2. The third-order valence-corrected chi connectivity index (χ3v) is 5.13. The van der Waals surface area contributed by atoms with Crippen molar-refractivity contribution in [2.24, 2.45) is 4.99 Å². The summed E-state index contributed by atoms with van der Waals surface area (Å²) in [7, 11) is 5.07. The lowest BCUT2D eigenvalue weighted by atomic mass is 9.84. The molecule has 0 bridgehead atoms. The van der Waals surface area contributed by atoms with Crippen LogP contribution in [0.25, 0.3) is 0 Å². The molecular weight excluding hydrogens is 368 g/mol. The molecule has 0 radical (unpaired) electrons. The second-order valence-corrected chi connectivity index (χ2v) is 7.47. The van der Waals surface area contributed by atoms with Crippen LogP contribution in [-0.2, 0) is 24.8 Å². The van der Waals surface area contributed by atoms with Gasteiger partial charge >= 0.3 is 0 Å². The monoisotopic (exact) mass is 402 g/mol. The zero-order chi connectivity index (χ0) is 21.4. The third-order valence-electron chi connectivity index (χ3n) is 5.13. The average Bonchev–Trinajstić information content (AvgIpc) is 3.15. The number of hydrogen-bond acceptors (Lipinski definition) is 5. The van der Waals surface area contributed by atoms with Gasteiger partial charge in [0, 0.05) is 37.5 Å². The topological polar surface area (TPSA) is 80.9 Å². The molecule has 2 rings (SSSR count). The first kappa shape index (κ1) is 22.6. The number of benzene rings is 1. The zero-order valence-electron chi connectivity index (χ0n) is 18.7. The molecule has 0 unspecified atom stereocenters. The lowest BCUT2D eigenvalue weighted by Crippen LogP contribution is -2.43. The number of nitrogens with one attached hydrogen (secondary N) is 2. The molecular formula is C22H34N4O3. The van der Waals surface area contributed by atoms with E-state index in [-0.39, 0.29) is 5.41 Å². The van der Waals surface area contributed by atoms with E-state index in [9.17, 15) is 0 Å². The van der Waals surface area contributed by atoms with Crippen LogP contribution >= 0.6 is 0 Å². The first-order valence-corrected chi connectivity index (χ1v) is 10.0. The maximum atomic E-state index is 5.45. The van der Waals surface area contributed by atoms with Crippen molar-refractivity contribution in [3.63, 3.8) is 0 Å². The fraction of sp³-hybridized carbons (Fsp3) is 0.545. The van der Waals surface area contributed by atoms with E-state index in [0.29, 0.717) is 13.1 Å². The Morgan fingerprint density at radius 2 is 1.83 bits per heavy atom. The molecule has 7 nitrogen and oxygen atoms in total. The molecule has 0 saturated heterocycles. The van der Waals surface area contributed by atoms with Gasteiger partial charge in [-0.15, -0.1) is 0 Å². The van der Waals surface area contributed by atoms with Gasteiger partial charge in [-0.2, -0.15) is 0 Å². The lowest BCUT2D eigenvalue weighted by Gasteiger charge is -2.27. The van der Waals surface area contributed by atoms with Crippen molar-refractivity contribution in [2.45, 2.75) is 52.5 Å². The Morgan fingerprint density at radius 1 is 1.10 bits per heavy atom. The highest BCUT2D eigenvalue weighted by Crippen LogP contribution is 2.32. The Hall–Kier alpha value is -2.70. The van der Waals surface area contributed by atoms with Crippen molar-refractivity contribution < 1.29 is 14.0 Å². The average molecular weight is 403 g/mol. The van der Waals surface area contributed by atoms with Crippen molar-refractivity contribution in [2.75, 3.05) is 27.8 Å². The van der Waals surface area contributed by atoms with Crippen LogP contribution in [0.5, 0.6) is 11.5 Å². The number of rotatable bonds is 9. The molecule has 0 saturated carbocycles. The highest BCUT2D eigenvalue weighted by atomic mass is 16.5. The van der Waals surface area contributed by atoms with Crippen LogP contribution in [0.1, 0.15) is 50.3 Å². The summed E-state index contributed by atoms with van der Waals surface area (Å²) in [5.41, 5.74) is 3.13. The van der Waals surface area contributed by atoms with Gasteiger partial charge in [0.05, 0.1) is 19.9 Å². The van der Waals surface area contributed by atoms with Gasteiger partial charge in [-0.3, -0.25) is 4.99 Å². The first-order chi connectivity index (χ1) is 13.9. The van der Waals surface area contributed by atoms with E-state index in [1.54, 1.807) is 21.3 Å². The van der Waals surface area contributed by atoms with Crippen LogP contribution in [0.4, 0.5) is 0 Å². The van der Waals surface area contributed by atoms with Crippen LogP contribution in [-0.4, -0.2) is 38.9 Å². The van der Waals surface area contributed by atoms with E-state index in [0.717, 1.165) is 52.9 Å². The predicted octanol–water partition coefficient (Wildman–Crippen LogP) is 3.46. The summed E-state index contributed by atoms with van der Waals surface area (Å²) in [5.74, 6) is 3.12. The van der Waals surface area contributed by atoms with E-state index in [4.69, 9.17) is 14.0 Å². The number of aromatic nitrogens is 1. The maximum absolute atomic E-state index is 5.45. The highest BCUT2D eigenvalue weighted by molar-refractivity contribution is 5.79. The van der Waals surface area contributed by atoms with E-state index < -0.39 is 0 Å². The standard InChI is InChI=1S/C22H34N4O3/c1-8-17-16(18(9-2)29-26-17)13-24-21(23-5)25-14-22(3,4)15-10-11-19(27-6)20(12-15)28-7/h10-12H,8-9,13-14H2,1-7H3,(H2,23,24,25).